The Hall–Kier alpha value is -2.16. The van der Waals surface area contributed by atoms with Crippen molar-refractivity contribution in [2.75, 3.05) is 11.9 Å². The van der Waals surface area contributed by atoms with Crippen molar-refractivity contribution < 1.29 is 18.8 Å². The van der Waals surface area contributed by atoms with E-state index in [0.717, 1.165) is 9.37 Å². The Morgan fingerprint density at radius 1 is 1.22 bits per heavy atom. The van der Waals surface area contributed by atoms with E-state index in [-0.39, 0.29) is 15.5 Å². The minimum Gasteiger partial charge on any atom is -0.325 e. The molecule has 0 saturated carbocycles. The molecule has 138 valence electrons. The third-order valence-corrected chi connectivity index (χ3v) is 5.34. The van der Waals surface area contributed by atoms with Crippen molar-refractivity contribution in [1.82, 2.24) is 4.90 Å². The summed E-state index contributed by atoms with van der Waals surface area (Å²) in [5.41, 5.74) is 0.549. The summed E-state index contributed by atoms with van der Waals surface area (Å²) in [7, 11) is 0. The molecule has 0 aromatic heterocycles. The van der Waals surface area contributed by atoms with Crippen molar-refractivity contribution in [2.24, 2.45) is 0 Å². The number of hydrogen-bond donors (Lipinski definition) is 1. The summed E-state index contributed by atoms with van der Waals surface area (Å²) in [6, 6.07) is 11.0. The number of carbonyl (C=O) groups excluding carboxylic acids is 3. The van der Waals surface area contributed by atoms with Gasteiger partial charge in [0.15, 0.2) is 0 Å². The highest BCUT2D eigenvalue weighted by Crippen LogP contribution is 2.34. The van der Waals surface area contributed by atoms with Crippen molar-refractivity contribution in [3.05, 3.63) is 68.2 Å². The first-order valence-electron chi connectivity index (χ1n) is 7.60. The van der Waals surface area contributed by atoms with Gasteiger partial charge >= 0.3 is 0 Å². The van der Waals surface area contributed by atoms with Crippen molar-refractivity contribution in [3.63, 3.8) is 0 Å². The maximum atomic E-state index is 13.9. The van der Waals surface area contributed by atoms with Gasteiger partial charge in [0.2, 0.25) is 5.91 Å². The number of amides is 3. The highest BCUT2D eigenvalue weighted by molar-refractivity contribution is 9.10. The van der Waals surface area contributed by atoms with Crippen LogP contribution < -0.4 is 5.32 Å². The zero-order valence-corrected chi connectivity index (χ0v) is 16.7. The fraction of sp³-hybridized carbons (Fsp3) is 0.0556. The van der Waals surface area contributed by atoms with E-state index < -0.39 is 29.4 Å². The zero-order valence-electron chi connectivity index (χ0n) is 13.5. The predicted octanol–water partition coefficient (Wildman–Crippen LogP) is 4.92. The quantitative estimate of drug-likeness (QED) is 0.646. The number of benzene rings is 2. The van der Waals surface area contributed by atoms with E-state index in [1.165, 1.54) is 24.3 Å². The highest BCUT2D eigenvalue weighted by Gasteiger charge is 2.36. The van der Waals surface area contributed by atoms with E-state index in [1.807, 2.05) is 0 Å². The molecule has 0 atom stereocenters. The van der Waals surface area contributed by atoms with E-state index >= 15 is 0 Å². The van der Waals surface area contributed by atoms with Gasteiger partial charge in [0.25, 0.3) is 11.1 Å². The molecule has 3 amide bonds. The number of carbonyl (C=O) groups is 3. The molecular weight excluding hydrogens is 459 g/mol. The topological polar surface area (TPSA) is 66.5 Å². The molecule has 1 aliphatic heterocycles. The second kappa shape index (κ2) is 8.24. The lowest BCUT2D eigenvalue weighted by Gasteiger charge is -2.12. The predicted molar refractivity (Wildman–Crippen MR) is 107 cm³/mol. The van der Waals surface area contributed by atoms with Crippen molar-refractivity contribution in [1.29, 1.82) is 0 Å². The van der Waals surface area contributed by atoms with Gasteiger partial charge in [-0.1, -0.05) is 33.6 Å². The maximum absolute atomic E-state index is 13.9. The Bertz CT molecular complexity index is 945. The van der Waals surface area contributed by atoms with Crippen LogP contribution in [-0.2, 0) is 9.59 Å². The van der Waals surface area contributed by atoms with E-state index in [9.17, 15) is 18.8 Å². The first-order chi connectivity index (χ1) is 12.8. The van der Waals surface area contributed by atoms with Crippen molar-refractivity contribution >= 4 is 68.1 Å². The van der Waals surface area contributed by atoms with Crippen LogP contribution in [0.2, 0.25) is 5.02 Å². The molecule has 0 aliphatic carbocycles. The van der Waals surface area contributed by atoms with Crippen LogP contribution in [0.15, 0.2) is 51.8 Å². The van der Waals surface area contributed by atoms with E-state index in [2.05, 4.69) is 21.2 Å². The van der Waals surface area contributed by atoms with Gasteiger partial charge < -0.3 is 5.32 Å². The number of anilines is 1. The average Bonchev–Trinajstić information content (AvgIpc) is 2.88. The van der Waals surface area contributed by atoms with Gasteiger partial charge in [0.05, 0.1) is 9.93 Å². The molecule has 3 rings (SSSR count). The summed E-state index contributed by atoms with van der Waals surface area (Å²) in [4.78, 5) is 37.5. The summed E-state index contributed by atoms with van der Waals surface area (Å²) >= 11 is 9.86. The van der Waals surface area contributed by atoms with Crippen LogP contribution in [0.25, 0.3) is 6.08 Å². The van der Waals surface area contributed by atoms with Gasteiger partial charge in [-0.25, -0.2) is 4.39 Å². The molecule has 27 heavy (non-hydrogen) atoms. The molecule has 0 radical (unpaired) electrons. The number of nitrogens with zero attached hydrogens (tertiary/aromatic N) is 1. The standard InChI is InChI=1S/C18H11BrClFN2O3S/c19-10-4-6-11(7-5-10)22-16(24)9-23-17(25)15(27-18(23)26)8-12-13(20)2-1-3-14(12)21/h1-8H,9H2,(H,22,24)/b15-8-. The summed E-state index contributed by atoms with van der Waals surface area (Å²) in [6.07, 6.45) is 1.22. The van der Waals surface area contributed by atoms with Crippen LogP contribution in [-0.4, -0.2) is 28.5 Å². The molecule has 1 saturated heterocycles. The van der Waals surface area contributed by atoms with Gasteiger partial charge in [-0.3, -0.25) is 19.3 Å². The van der Waals surface area contributed by atoms with Crippen LogP contribution in [0.5, 0.6) is 0 Å². The second-order valence-corrected chi connectivity index (χ2v) is 7.77. The summed E-state index contributed by atoms with van der Waals surface area (Å²) < 4.78 is 14.7. The number of rotatable bonds is 4. The Balaban J connectivity index is 1.73. The molecule has 0 bridgehead atoms. The highest BCUT2D eigenvalue weighted by atomic mass is 79.9. The Kier molecular flexibility index (Phi) is 5.98. The van der Waals surface area contributed by atoms with Crippen LogP contribution >= 0.6 is 39.3 Å². The second-order valence-electron chi connectivity index (χ2n) is 5.46. The first-order valence-corrected chi connectivity index (χ1v) is 9.58. The van der Waals surface area contributed by atoms with Crippen LogP contribution in [0.4, 0.5) is 14.9 Å². The Labute approximate surface area is 171 Å². The number of thioether (sulfide) groups is 1. The van der Waals surface area contributed by atoms with Gasteiger partial charge in [0, 0.05) is 15.7 Å². The minimum atomic E-state index is -0.671. The molecule has 9 heteroatoms. The van der Waals surface area contributed by atoms with Crippen LogP contribution in [0.1, 0.15) is 5.56 Å². The first kappa shape index (κ1) is 19.6. The maximum Gasteiger partial charge on any atom is 0.294 e. The van der Waals surface area contributed by atoms with Gasteiger partial charge in [-0.2, -0.15) is 0 Å². The largest absolute Gasteiger partial charge is 0.325 e. The fourth-order valence-electron chi connectivity index (χ4n) is 2.29. The van der Waals surface area contributed by atoms with E-state index in [4.69, 9.17) is 11.6 Å². The molecule has 0 spiro atoms. The zero-order chi connectivity index (χ0) is 19.6. The number of hydrogen-bond acceptors (Lipinski definition) is 4. The molecule has 1 fully saturated rings. The van der Waals surface area contributed by atoms with Crippen LogP contribution in [0.3, 0.4) is 0 Å². The lowest BCUT2D eigenvalue weighted by molar-refractivity contribution is -0.127. The number of halogens is 3. The Morgan fingerprint density at radius 2 is 1.93 bits per heavy atom. The van der Waals surface area contributed by atoms with Crippen LogP contribution in [0, 0.1) is 5.82 Å². The third kappa shape index (κ3) is 4.58. The SMILES string of the molecule is O=C(CN1C(=O)S/C(=C\c2c(F)cccc2Cl)C1=O)Nc1ccc(Br)cc1. The van der Waals surface area contributed by atoms with E-state index in [0.29, 0.717) is 17.4 Å². The fourth-order valence-corrected chi connectivity index (χ4v) is 3.60. The summed E-state index contributed by atoms with van der Waals surface area (Å²) in [5, 5.41) is 2.12. The molecule has 1 heterocycles. The normalized spacial score (nSPS) is 15.5. The molecule has 1 aliphatic rings. The molecular formula is C18H11BrClFN2O3S. The van der Waals surface area contributed by atoms with E-state index in [1.54, 1.807) is 24.3 Å². The number of imide groups is 1. The Morgan fingerprint density at radius 3 is 2.59 bits per heavy atom. The molecule has 0 unspecified atom stereocenters. The van der Waals surface area contributed by atoms with Gasteiger partial charge in [0.1, 0.15) is 12.4 Å². The smallest absolute Gasteiger partial charge is 0.294 e. The summed E-state index contributed by atoms with van der Waals surface area (Å²) in [5.74, 6) is -1.80. The lowest BCUT2D eigenvalue weighted by atomic mass is 10.2. The summed E-state index contributed by atoms with van der Waals surface area (Å²) in [6.45, 7) is -0.441. The monoisotopic (exact) mass is 468 g/mol. The molecule has 1 N–H and O–H groups in total. The molecule has 2 aromatic rings. The third-order valence-electron chi connectivity index (χ3n) is 3.58. The van der Waals surface area contributed by atoms with Crippen molar-refractivity contribution in [3.8, 4) is 0 Å². The molecule has 5 nitrogen and oxygen atoms in total. The number of nitrogens with one attached hydrogen (secondary N) is 1. The van der Waals surface area contributed by atoms with Gasteiger partial charge in [-0.15, -0.1) is 0 Å². The molecule has 2 aromatic carbocycles. The minimum absolute atomic E-state index is 0.00319. The van der Waals surface area contributed by atoms with Crippen molar-refractivity contribution in [2.45, 2.75) is 0 Å². The van der Waals surface area contributed by atoms with Gasteiger partial charge in [-0.05, 0) is 54.2 Å². The lowest BCUT2D eigenvalue weighted by Crippen LogP contribution is -2.36. The average molecular weight is 470 g/mol.